The Hall–Kier alpha value is -2.62. The molecular formula is C25H31N3O. The molecule has 1 aromatic heterocycles. The third-order valence-electron chi connectivity index (χ3n) is 6.15. The molecule has 1 aliphatic carbocycles. The number of carbonyl (C=O) groups excluding carboxylic acids is 1. The Morgan fingerprint density at radius 2 is 1.76 bits per heavy atom. The summed E-state index contributed by atoms with van der Waals surface area (Å²) in [7, 11) is 0. The molecule has 1 N–H and O–H groups in total. The second-order valence-electron chi connectivity index (χ2n) is 8.22. The number of aryl methyl sites for hydroxylation is 2. The molecule has 0 unspecified atom stereocenters. The molecule has 29 heavy (non-hydrogen) atoms. The lowest BCUT2D eigenvalue weighted by Crippen LogP contribution is -2.25. The number of rotatable bonds is 8. The topological polar surface area (TPSA) is 46.9 Å². The van der Waals surface area contributed by atoms with Crippen molar-refractivity contribution in [2.75, 3.05) is 0 Å². The van der Waals surface area contributed by atoms with Gasteiger partial charge in [-0.2, -0.15) is 0 Å². The Kier molecular flexibility index (Phi) is 6.60. The largest absolute Gasteiger partial charge is 0.349 e. The summed E-state index contributed by atoms with van der Waals surface area (Å²) in [6, 6.07) is 18.7. The summed E-state index contributed by atoms with van der Waals surface area (Å²) < 4.78 is 2.25. The number of amides is 1. The lowest BCUT2D eigenvalue weighted by atomic mass is 9.86. The molecule has 2 aromatic carbocycles. The highest BCUT2D eigenvalue weighted by atomic mass is 16.1. The van der Waals surface area contributed by atoms with E-state index in [0.717, 1.165) is 42.2 Å². The first-order valence-electron chi connectivity index (χ1n) is 11.0. The van der Waals surface area contributed by atoms with Crippen LogP contribution in [0, 0.1) is 5.92 Å². The van der Waals surface area contributed by atoms with Crippen molar-refractivity contribution in [1.29, 1.82) is 0 Å². The van der Waals surface area contributed by atoms with Gasteiger partial charge in [0.1, 0.15) is 5.82 Å². The Morgan fingerprint density at radius 3 is 2.59 bits per heavy atom. The van der Waals surface area contributed by atoms with Crippen LogP contribution in [0.2, 0.25) is 0 Å². The van der Waals surface area contributed by atoms with Crippen LogP contribution in [0.4, 0.5) is 0 Å². The van der Waals surface area contributed by atoms with Crippen LogP contribution in [0.3, 0.4) is 0 Å². The van der Waals surface area contributed by atoms with Gasteiger partial charge in [0.25, 0.3) is 0 Å². The van der Waals surface area contributed by atoms with Gasteiger partial charge in [-0.3, -0.25) is 4.79 Å². The van der Waals surface area contributed by atoms with E-state index in [0.29, 0.717) is 13.0 Å². The normalized spacial score (nSPS) is 14.9. The summed E-state index contributed by atoms with van der Waals surface area (Å²) in [6.07, 6.45) is 9.22. The lowest BCUT2D eigenvalue weighted by molar-refractivity contribution is -0.121. The van der Waals surface area contributed by atoms with Crippen LogP contribution in [0.15, 0.2) is 54.6 Å². The van der Waals surface area contributed by atoms with Crippen LogP contribution in [-0.2, 0) is 24.3 Å². The van der Waals surface area contributed by atoms with Crippen molar-refractivity contribution >= 4 is 16.9 Å². The SMILES string of the molecule is O=C(CCC1CCCCC1)NCc1nc2ccccc2n1CCc1ccccc1. The van der Waals surface area contributed by atoms with Gasteiger partial charge < -0.3 is 9.88 Å². The molecule has 3 aromatic rings. The number of carbonyl (C=O) groups is 1. The Balaban J connectivity index is 1.38. The van der Waals surface area contributed by atoms with E-state index in [1.807, 2.05) is 18.2 Å². The number of hydrogen-bond donors (Lipinski definition) is 1. The molecule has 1 fully saturated rings. The maximum absolute atomic E-state index is 12.4. The van der Waals surface area contributed by atoms with Gasteiger partial charge >= 0.3 is 0 Å². The highest BCUT2D eigenvalue weighted by Crippen LogP contribution is 2.27. The standard InChI is InChI=1S/C25H31N3O/c29-25(16-15-20-9-3-1-4-10-20)26-19-24-27-22-13-7-8-14-23(22)28(24)18-17-21-11-5-2-6-12-21/h2,5-8,11-14,20H,1,3-4,9-10,15-19H2,(H,26,29). The van der Waals surface area contributed by atoms with Crippen molar-refractivity contribution in [3.63, 3.8) is 0 Å². The van der Waals surface area contributed by atoms with E-state index in [4.69, 9.17) is 4.98 Å². The second kappa shape index (κ2) is 9.73. The van der Waals surface area contributed by atoms with Crippen LogP contribution in [0.1, 0.15) is 56.3 Å². The van der Waals surface area contributed by atoms with E-state index in [-0.39, 0.29) is 5.91 Å². The number of benzene rings is 2. The van der Waals surface area contributed by atoms with Gasteiger partial charge in [-0.15, -0.1) is 0 Å². The Labute approximate surface area is 173 Å². The van der Waals surface area contributed by atoms with E-state index < -0.39 is 0 Å². The molecule has 0 atom stereocenters. The molecule has 0 aliphatic heterocycles. The summed E-state index contributed by atoms with van der Waals surface area (Å²) in [6.45, 7) is 1.35. The van der Waals surface area contributed by atoms with E-state index in [1.165, 1.54) is 37.7 Å². The number of nitrogens with one attached hydrogen (secondary N) is 1. The summed E-state index contributed by atoms with van der Waals surface area (Å²) >= 11 is 0. The van der Waals surface area contributed by atoms with E-state index >= 15 is 0 Å². The number of para-hydroxylation sites is 2. The molecule has 0 saturated heterocycles. The maximum atomic E-state index is 12.4. The van der Waals surface area contributed by atoms with Crippen LogP contribution >= 0.6 is 0 Å². The third-order valence-corrected chi connectivity index (χ3v) is 6.15. The minimum Gasteiger partial charge on any atom is -0.349 e. The molecule has 1 aliphatic rings. The quantitative estimate of drug-likeness (QED) is 0.571. The summed E-state index contributed by atoms with van der Waals surface area (Å²) in [5.74, 6) is 1.83. The van der Waals surface area contributed by atoms with E-state index in [1.54, 1.807) is 0 Å². The van der Waals surface area contributed by atoms with E-state index in [2.05, 4.69) is 46.3 Å². The molecule has 0 bridgehead atoms. The van der Waals surface area contributed by atoms with Crippen molar-refractivity contribution in [1.82, 2.24) is 14.9 Å². The fraction of sp³-hybridized carbons (Fsp3) is 0.440. The predicted molar refractivity (Wildman–Crippen MR) is 118 cm³/mol. The Bertz CT molecular complexity index is 926. The lowest BCUT2D eigenvalue weighted by Gasteiger charge is -2.21. The number of aromatic nitrogens is 2. The molecule has 1 heterocycles. The monoisotopic (exact) mass is 389 g/mol. The number of imidazole rings is 1. The van der Waals surface area contributed by atoms with Crippen LogP contribution in [0.5, 0.6) is 0 Å². The van der Waals surface area contributed by atoms with E-state index in [9.17, 15) is 4.79 Å². The van der Waals surface area contributed by atoms with Gasteiger partial charge in [-0.25, -0.2) is 4.98 Å². The molecule has 4 nitrogen and oxygen atoms in total. The average Bonchev–Trinajstić information content (AvgIpc) is 3.14. The van der Waals surface area contributed by atoms with Crippen molar-refractivity contribution in [3.8, 4) is 0 Å². The summed E-state index contributed by atoms with van der Waals surface area (Å²) in [4.78, 5) is 17.2. The van der Waals surface area contributed by atoms with Crippen LogP contribution < -0.4 is 5.32 Å². The van der Waals surface area contributed by atoms with Crippen molar-refractivity contribution < 1.29 is 4.79 Å². The predicted octanol–water partition coefficient (Wildman–Crippen LogP) is 5.26. The van der Waals surface area contributed by atoms with Crippen LogP contribution in [-0.4, -0.2) is 15.5 Å². The first kappa shape index (κ1) is 19.7. The minimum absolute atomic E-state index is 0.150. The minimum atomic E-state index is 0.150. The second-order valence-corrected chi connectivity index (χ2v) is 8.22. The zero-order valence-corrected chi connectivity index (χ0v) is 17.1. The van der Waals surface area contributed by atoms with Crippen LogP contribution in [0.25, 0.3) is 11.0 Å². The maximum Gasteiger partial charge on any atom is 0.220 e. The van der Waals surface area contributed by atoms with Gasteiger partial charge in [0.15, 0.2) is 0 Å². The molecule has 0 radical (unpaired) electrons. The van der Waals surface area contributed by atoms with Gasteiger partial charge in [-0.1, -0.05) is 74.6 Å². The molecule has 152 valence electrons. The molecule has 4 rings (SSSR count). The molecular weight excluding hydrogens is 358 g/mol. The summed E-state index contributed by atoms with van der Waals surface area (Å²) in [5, 5.41) is 3.12. The first-order valence-corrected chi connectivity index (χ1v) is 11.0. The van der Waals surface area contributed by atoms with Gasteiger partial charge in [0.05, 0.1) is 17.6 Å². The zero-order chi connectivity index (χ0) is 19.9. The highest BCUT2D eigenvalue weighted by Gasteiger charge is 2.16. The van der Waals surface area contributed by atoms with Gasteiger partial charge in [-0.05, 0) is 36.5 Å². The highest BCUT2D eigenvalue weighted by molar-refractivity contribution is 5.77. The zero-order valence-electron chi connectivity index (χ0n) is 17.1. The van der Waals surface area contributed by atoms with Crippen molar-refractivity contribution in [3.05, 3.63) is 66.0 Å². The number of hydrogen-bond acceptors (Lipinski definition) is 2. The molecule has 1 amide bonds. The third kappa shape index (κ3) is 5.26. The Morgan fingerprint density at radius 1 is 1.00 bits per heavy atom. The molecule has 4 heteroatoms. The number of nitrogens with zero attached hydrogens (tertiary/aromatic N) is 2. The summed E-state index contributed by atoms with van der Waals surface area (Å²) in [5.41, 5.74) is 3.44. The van der Waals surface area contributed by atoms with Gasteiger partial charge in [0.2, 0.25) is 5.91 Å². The van der Waals surface area contributed by atoms with Crippen molar-refractivity contribution in [2.24, 2.45) is 5.92 Å². The number of fused-ring (bicyclic) bond motifs is 1. The average molecular weight is 390 g/mol. The van der Waals surface area contributed by atoms with Gasteiger partial charge in [0, 0.05) is 13.0 Å². The first-order chi connectivity index (χ1) is 14.3. The fourth-order valence-corrected chi connectivity index (χ4v) is 4.47. The molecule has 1 saturated carbocycles. The molecule has 0 spiro atoms. The van der Waals surface area contributed by atoms with Crippen molar-refractivity contribution in [2.45, 2.75) is 64.5 Å². The smallest absolute Gasteiger partial charge is 0.220 e. The fourth-order valence-electron chi connectivity index (χ4n) is 4.47.